The largest absolute Gasteiger partial charge is 0.462 e. The lowest BCUT2D eigenvalue weighted by Gasteiger charge is -2.18. The second-order valence-electron chi connectivity index (χ2n) is 19.9. The molecule has 0 aromatic carbocycles. The van der Waals surface area contributed by atoms with E-state index in [2.05, 4.69) is 142 Å². The van der Waals surface area contributed by atoms with Crippen LogP contribution in [0.5, 0.6) is 0 Å². The van der Waals surface area contributed by atoms with Gasteiger partial charge in [-0.05, 0) is 109 Å². The van der Waals surface area contributed by atoms with Gasteiger partial charge in [0.1, 0.15) is 13.2 Å². The minimum atomic E-state index is -0.800. The number of carbonyl (C=O) groups is 3. The first-order chi connectivity index (χ1) is 36.5. The van der Waals surface area contributed by atoms with Crippen molar-refractivity contribution < 1.29 is 28.6 Å². The molecule has 0 aliphatic heterocycles. The number of ether oxygens (including phenoxy) is 3. The topological polar surface area (TPSA) is 78.9 Å². The van der Waals surface area contributed by atoms with E-state index in [9.17, 15) is 14.4 Å². The van der Waals surface area contributed by atoms with Crippen molar-refractivity contribution in [2.24, 2.45) is 0 Å². The Hall–Kier alpha value is -4.19. The summed E-state index contributed by atoms with van der Waals surface area (Å²) in [4.78, 5) is 38.2. The van der Waals surface area contributed by atoms with E-state index in [-0.39, 0.29) is 37.5 Å². The summed E-state index contributed by atoms with van der Waals surface area (Å²) >= 11 is 0. The molecular weight excluding hydrogens is 913 g/mol. The van der Waals surface area contributed by atoms with Gasteiger partial charge in [0.05, 0.1) is 0 Å². The Balaban J connectivity index is 4.39. The minimum absolute atomic E-state index is 0.0937. The molecule has 0 saturated carbocycles. The standard InChI is InChI=1S/C68H112O6/c1-4-7-10-13-16-19-22-25-27-29-31-32-33-34-35-36-38-39-41-43-46-49-52-55-58-61-67(70)73-64-65(63-72-66(69)60-57-54-51-48-45-24-21-18-15-12-9-6-3)74-68(71)62-59-56-53-50-47-44-42-40-37-30-28-26-23-20-17-14-11-8-5-2/h7-8,10-11,16-17,19-20,25-28,31-32,34-35,37,40,44,47,65H,4-6,9,12-15,18,21-24,29-30,33,36,38-39,41-43,45-46,48-64H2,1-3H3/b10-7-,11-8-,19-16-,20-17-,27-25-,28-26-,32-31-,35-34-,40-37-,47-44-. The van der Waals surface area contributed by atoms with E-state index in [0.29, 0.717) is 12.8 Å². The fourth-order valence-corrected chi connectivity index (χ4v) is 8.20. The number of unbranched alkanes of at least 4 members (excludes halogenated alkanes) is 23. The van der Waals surface area contributed by atoms with Crippen LogP contribution in [0.25, 0.3) is 0 Å². The van der Waals surface area contributed by atoms with Crippen LogP contribution in [0.15, 0.2) is 122 Å². The lowest BCUT2D eigenvalue weighted by atomic mass is 10.0. The monoisotopic (exact) mass is 1020 g/mol. The number of rotatable bonds is 54. The highest BCUT2D eigenvalue weighted by Crippen LogP contribution is 2.15. The summed E-state index contributed by atoms with van der Waals surface area (Å²) in [6, 6.07) is 0. The molecule has 0 aliphatic rings. The van der Waals surface area contributed by atoms with E-state index >= 15 is 0 Å². The lowest BCUT2D eigenvalue weighted by molar-refractivity contribution is -0.167. The first-order valence-corrected chi connectivity index (χ1v) is 30.5. The van der Waals surface area contributed by atoms with Crippen molar-refractivity contribution in [3.05, 3.63) is 122 Å². The smallest absolute Gasteiger partial charge is 0.306 e. The third-order valence-corrected chi connectivity index (χ3v) is 12.7. The van der Waals surface area contributed by atoms with Crippen LogP contribution in [0.2, 0.25) is 0 Å². The average molecular weight is 1030 g/mol. The van der Waals surface area contributed by atoms with Gasteiger partial charge < -0.3 is 14.2 Å². The van der Waals surface area contributed by atoms with E-state index in [0.717, 1.165) is 135 Å². The zero-order chi connectivity index (χ0) is 53.6. The summed E-state index contributed by atoms with van der Waals surface area (Å²) < 4.78 is 16.9. The Kier molecular flexibility index (Phi) is 57.9. The second kappa shape index (κ2) is 61.4. The normalized spacial score (nSPS) is 13.0. The van der Waals surface area contributed by atoms with Crippen LogP contribution in [0.3, 0.4) is 0 Å². The maximum absolute atomic E-state index is 12.9. The molecule has 0 aliphatic carbocycles. The molecular formula is C68H112O6. The van der Waals surface area contributed by atoms with Gasteiger partial charge in [0.15, 0.2) is 6.10 Å². The second-order valence-corrected chi connectivity index (χ2v) is 19.9. The third-order valence-electron chi connectivity index (χ3n) is 12.7. The fourth-order valence-electron chi connectivity index (χ4n) is 8.20. The predicted octanol–water partition coefficient (Wildman–Crippen LogP) is 20.8. The van der Waals surface area contributed by atoms with Crippen LogP contribution in [0, 0.1) is 0 Å². The Morgan fingerprint density at radius 3 is 0.838 bits per heavy atom. The highest BCUT2D eigenvalue weighted by Gasteiger charge is 2.19. The summed E-state index contributed by atoms with van der Waals surface area (Å²) in [5.74, 6) is -0.930. The van der Waals surface area contributed by atoms with Crippen LogP contribution in [-0.2, 0) is 28.6 Å². The van der Waals surface area contributed by atoms with E-state index in [4.69, 9.17) is 14.2 Å². The van der Waals surface area contributed by atoms with Gasteiger partial charge in [-0.1, -0.05) is 264 Å². The predicted molar refractivity (Wildman–Crippen MR) is 320 cm³/mol. The van der Waals surface area contributed by atoms with Crippen LogP contribution in [0.4, 0.5) is 0 Å². The van der Waals surface area contributed by atoms with Gasteiger partial charge in [-0.25, -0.2) is 0 Å². The molecule has 0 radical (unpaired) electrons. The molecule has 0 bridgehead atoms. The number of hydrogen-bond acceptors (Lipinski definition) is 6. The van der Waals surface area contributed by atoms with Crippen molar-refractivity contribution in [1.82, 2.24) is 0 Å². The molecule has 0 spiro atoms. The molecule has 74 heavy (non-hydrogen) atoms. The Morgan fingerprint density at radius 1 is 0.284 bits per heavy atom. The van der Waals surface area contributed by atoms with E-state index in [1.54, 1.807) is 0 Å². The van der Waals surface area contributed by atoms with Gasteiger partial charge >= 0.3 is 17.9 Å². The van der Waals surface area contributed by atoms with Gasteiger partial charge in [0, 0.05) is 19.3 Å². The Bertz CT molecular complexity index is 1550. The van der Waals surface area contributed by atoms with E-state index < -0.39 is 6.10 Å². The lowest BCUT2D eigenvalue weighted by Crippen LogP contribution is -2.30. The van der Waals surface area contributed by atoms with Crippen LogP contribution < -0.4 is 0 Å². The van der Waals surface area contributed by atoms with Gasteiger partial charge in [-0.2, -0.15) is 0 Å². The quantitative estimate of drug-likeness (QED) is 0.0261. The minimum Gasteiger partial charge on any atom is -0.462 e. The summed E-state index contributed by atoms with van der Waals surface area (Å²) in [7, 11) is 0. The molecule has 420 valence electrons. The SMILES string of the molecule is CC/C=C\C/C=C\C/C=C\C/C=C\C/C=C\CCCCCCCCCCCC(=O)OCC(COC(=O)CCCCCCCCCCCCCC)OC(=O)CCCCC/C=C\C/C=C\C/C=C\C/C=C\C/C=C\CC. The highest BCUT2D eigenvalue weighted by atomic mass is 16.6. The Morgan fingerprint density at radius 2 is 0.527 bits per heavy atom. The number of esters is 3. The fraction of sp³-hybridized carbons (Fsp3) is 0.662. The summed E-state index contributed by atoms with van der Waals surface area (Å²) in [5, 5.41) is 0. The summed E-state index contributed by atoms with van der Waals surface area (Å²) in [6.07, 6.45) is 84.8. The highest BCUT2D eigenvalue weighted by molar-refractivity contribution is 5.71. The molecule has 0 N–H and O–H groups in total. The Labute approximate surface area is 456 Å². The molecule has 1 atom stereocenters. The van der Waals surface area contributed by atoms with Crippen molar-refractivity contribution in [2.45, 2.75) is 277 Å². The molecule has 6 nitrogen and oxygen atoms in total. The molecule has 0 aromatic heterocycles. The van der Waals surface area contributed by atoms with Crippen LogP contribution in [-0.4, -0.2) is 37.2 Å². The number of allylic oxidation sites excluding steroid dienone is 20. The van der Waals surface area contributed by atoms with Crippen molar-refractivity contribution in [2.75, 3.05) is 13.2 Å². The summed E-state index contributed by atoms with van der Waals surface area (Å²) in [6.45, 7) is 6.38. The molecule has 6 heteroatoms. The van der Waals surface area contributed by atoms with Gasteiger partial charge in [-0.15, -0.1) is 0 Å². The molecule has 0 aromatic rings. The zero-order valence-electron chi connectivity index (χ0n) is 48.1. The third kappa shape index (κ3) is 58.7. The molecule has 0 amide bonds. The molecule has 0 heterocycles. The molecule has 0 saturated heterocycles. The van der Waals surface area contributed by atoms with E-state index in [1.165, 1.54) is 96.3 Å². The van der Waals surface area contributed by atoms with Crippen molar-refractivity contribution in [1.29, 1.82) is 0 Å². The van der Waals surface area contributed by atoms with Crippen molar-refractivity contribution >= 4 is 17.9 Å². The molecule has 1 unspecified atom stereocenters. The van der Waals surface area contributed by atoms with Crippen LogP contribution in [0.1, 0.15) is 271 Å². The van der Waals surface area contributed by atoms with E-state index in [1.807, 2.05) is 0 Å². The number of hydrogen-bond donors (Lipinski definition) is 0. The van der Waals surface area contributed by atoms with Gasteiger partial charge in [0.25, 0.3) is 0 Å². The first kappa shape index (κ1) is 69.8. The summed E-state index contributed by atoms with van der Waals surface area (Å²) in [5.41, 5.74) is 0. The maximum Gasteiger partial charge on any atom is 0.306 e. The van der Waals surface area contributed by atoms with Gasteiger partial charge in [-0.3, -0.25) is 14.4 Å². The number of carbonyl (C=O) groups excluding carboxylic acids is 3. The van der Waals surface area contributed by atoms with Crippen molar-refractivity contribution in [3.8, 4) is 0 Å². The van der Waals surface area contributed by atoms with Crippen LogP contribution >= 0.6 is 0 Å². The van der Waals surface area contributed by atoms with Gasteiger partial charge in [0.2, 0.25) is 0 Å². The maximum atomic E-state index is 12.9. The molecule has 0 rings (SSSR count). The zero-order valence-corrected chi connectivity index (χ0v) is 48.1. The first-order valence-electron chi connectivity index (χ1n) is 30.5. The molecule has 0 fully saturated rings. The average Bonchev–Trinajstić information content (AvgIpc) is 3.40. The van der Waals surface area contributed by atoms with Crippen molar-refractivity contribution in [3.63, 3.8) is 0 Å².